The van der Waals surface area contributed by atoms with Crippen LogP contribution in [-0.4, -0.2) is 34.9 Å². The monoisotopic (exact) mass is 584 g/mol. The number of fused-ring (bicyclic) bond motifs is 1. The highest BCUT2D eigenvalue weighted by atomic mass is 35.5. The highest BCUT2D eigenvalue weighted by molar-refractivity contribution is 6.36. The number of carbonyl (C=O) groups excluding carboxylic acids is 2. The molecule has 0 atom stereocenters. The number of H-pyrrole nitrogens is 1. The molecule has 4 rings (SSSR count). The number of benzene rings is 2. The molecule has 0 saturated heterocycles. The van der Waals surface area contributed by atoms with Crippen LogP contribution >= 0.6 is 34.8 Å². The van der Waals surface area contributed by atoms with Gasteiger partial charge in [0, 0.05) is 53.5 Å². The summed E-state index contributed by atoms with van der Waals surface area (Å²) >= 11 is 19.0. The van der Waals surface area contributed by atoms with Crippen molar-refractivity contribution in [2.75, 3.05) is 16.8 Å². The van der Waals surface area contributed by atoms with Gasteiger partial charge in [0.2, 0.25) is 11.8 Å². The molecular formula is C29H27Cl3N4O3. The molecule has 0 aliphatic rings. The van der Waals surface area contributed by atoms with Crippen LogP contribution in [0, 0.1) is 6.92 Å². The molecule has 0 fully saturated rings. The molecule has 0 bridgehead atoms. The van der Waals surface area contributed by atoms with Gasteiger partial charge in [-0.2, -0.15) is 0 Å². The number of aromatic amines is 1. The van der Waals surface area contributed by atoms with Gasteiger partial charge in [0.05, 0.1) is 16.4 Å². The van der Waals surface area contributed by atoms with Crippen molar-refractivity contribution >= 4 is 69.0 Å². The van der Waals surface area contributed by atoms with Crippen molar-refractivity contribution in [3.8, 4) is 22.4 Å². The second-order valence-corrected chi connectivity index (χ2v) is 10.8. The Kier molecular flexibility index (Phi) is 8.07. The van der Waals surface area contributed by atoms with Gasteiger partial charge in [-0.25, -0.2) is 9.88 Å². The summed E-state index contributed by atoms with van der Waals surface area (Å²) in [6.45, 7) is 8.27. The maximum Gasteiger partial charge on any atom is 0.275 e. The van der Waals surface area contributed by atoms with Crippen molar-refractivity contribution in [2.24, 2.45) is 0 Å². The maximum atomic E-state index is 13.6. The first-order valence-electron chi connectivity index (χ1n) is 12.2. The lowest BCUT2D eigenvalue weighted by Crippen LogP contribution is -2.39. The minimum atomic E-state index is -0.523. The summed E-state index contributed by atoms with van der Waals surface area (Å²) in [7, 11) is 1.74. The number of hydrogen-bond donors (Lipinski definition) is 1. The van der Waals surface area contributed by atoms with Crippen LogP contribution in [0.1, 0.15) is 33.3 Å². The summed E-state index contributed by atoms with van der Waals surface area (Å²) < 4.78 is 0. The summed E-state index contributed by atoms with van der Waals surface area (Å²) in [6.07, 6.45) is 0. The van der Waals surface area contributed by atoms with Crippen molar-refractivity contribution < 1.29 is 9.59 Å². The fourth-order valence-electron chi connectivity index (χ4n) is 4.66. The van der Waals surface area contributed by atoms with Gasteiger partial charge < -0.3 is 9.88 Å². The molecule has 2 aromatic carbocycles. The largest absolute Gasteiger partial charge is 0.366 e. The smallest absolute Gasteiger partial charge is 0.275 e. The number of halogens is 3. The van der Waals surface area contributed by atoms with Crippen LogP contribution < -0.4 is 15.4 Å². The van der Waals surface area contributed by atoms with Crippen molar-refractivity contribution in [3.05, 3.63) is 73.4 Å². The predicted molar refractivity (Wildman–Crippen MR) is 160 cm³/mol. The molecule has 2 heterocycles. The topological polar surface area (TPSA) is 86.4 Å². The lowest BCUT2D eigenvalue weighted by atomic mass is 9.92. The van der Waals surface area contributed by atoms with Crippen LogP contribution in [0.2, 0.25) is 15.1 Å². The number of nitrogens with one attached hydrogen (secondary N) is 1. The molecule has 202 valence electrons. The molecule has 39 heavy (non-hydrogen) atoms. The van der Waals surface area contributed by atoms with Crippen LogP contribution in [0.15, 0.2) is 47.3 Å². The SMILES string of the molecule is CC(=O)N(C(C)=O)c1c(N(C)C(C)C)c(=O)[nH]c2nc(-c3ccc(Cl)cc3Cl)c(-c3ccc(Cl)cc3)c(C)c12. The fraction of sp³-hybridized carbons (Fsp3) is 0.241. The van der Waals surface area contributed by atoms with Gasteiger partial charge in [0.1, 0.15) is 11.3 Å². The summed E-state index contributed by atoms with van der Waals surface area (Å²) in [5.41, 5.74) is 3.33. The second-order valence-electron chi connectivity index (χ2n) is 9.54. The third kappa shape index (κ3) is 5.26. The molecule has 10 heteroatoms. The Morgan fingerprint density at radius 2 is 1.51 bits per heavy atom. The average molecular weight is 586 g/mol. The predicted octanol–water partition coefficient (Wildman–Crippen LogP) is 7.27. The number of nitrogens with zero attached hydrogens (tertiary/aromatic N) is 3. The molecule has 7 nitrogen and oxygen atoms in total. The first kappa shape index (κ1) is 28.6. The van der Waals surface area contributed by atoms with Crippen LogP contribution in [0.4, 0.5) is 11.4 Å². The van der Waals surface area contributed by atoms with Crippen LogP contribution in [-0.2, 0) is 9.59 Å². The molecule has 0 radical (unpaired) electrons. The van der Waals surface area contributed by atoms with E-state index < -0.39 is 17.4 Å². The van der Waals surface area contributed by atoms with E-state index in [0.29, 0.717) is 42.8 Å². The number of pyridine rings is 2. The molecule has 0 aliphatic carbocycles. The number of amides is 2. The Morgan fingerprint density at radius 1 is 0.923 bits per heavy atom. The Labute approximate surface area is 241 Å². The third-order valence-corrected chi connectivity index (χ3v) is 7.45. The van der Waals surface area contributed by atoms with Gasteiger partial charge in [0.15, 0.2) is 0 Å². The summed E-state index contributed by atoms with van der Waals surface area (Å²) in [5.74, 6) is -1.05. The van der Waals surface area contributed by atoms with E-state index in [1.54, 1.807) is 42.3 Å². The number of carbonyl (C=O) groups is 2. The van der Waals surface area contributed by atoms with Crippen molar-refractivity contribution in [1.29, 1.82) is 0 Å². The van der Waals surface area contributed by atoms with E-state index in [4.69, 9.17) is 39.8 Å². The van der Waals surface area contributed by atoms with E-state index in [1.807, 2.05) is 32.9 Å². The van der Waals surface area contributed by atoms with Gasteiger partial charge in [-0.3, -0.25) is 14.4 Å². The molecule has 0 aliphatic heterocycles. The molecule has 0 saturated carbocycles. The molecular weight excluding hydrogens is 559 g/mol. The van der Waals surface area contributed by atoms with Crippen molar-refractivity contribution in [2.45, 2.75) is 40.7 Å². The highest BCUT2D eigenvalue weighted by Crippen LogP contribution is 2.44. The average Bonchev–Trinajstić information content (AvgIpc) is 2.83. The lowest BCUT2D eigenvalue weighted by molar-refractivity contribution is -0.124. The van der Waals surface area contributed by atoms with Crippen LogP contribution in [0.5, 0.6) is 0 Å². The Morgan fingerprint density at radius 3 is 2.05 bits per heavy atom. The van der Waals surface area contributed by atoms with Gasteiger partial charge in [-0.1, -0.05) is 46.9 Å². The number of aryl methyl sites for hydroxylation is 1. The van der Waals surface area contributed by atoms with E-state index in [-0.39, 0.29) is 23.1 Å². The first-order valence-corrected chi connectivity index (χ1v) is 13.3. The second kappa shape index (κ2) is 11.0. The Hall–Kier alpha value is -3.39. The van der Waals surface area contributed by atoms with E-state index in [2.05, 4.69) is 4.98 Å². The number of anilines is 2. The normalized spacial score (nSPS) is 11.2. The number of imide groups is 1. The zero-order chi connectivity index (χ0) is 28.8. The zero-order valence-electron chi connectivity index (χ0n) is 22.3. The van der Waals surface area contributed by atoms with Gasteiger partial charge in [-0.05, 0) is 62.2 Å². The maximum absolute atomic E-state index is 13.6. The van der Waals surface area contributed by atoms with Gasteiger partial charge in [-0.15, -0.1) is 0 Å². The Balaban J connectivity index is 2.28. The van der Waals surface area contributed by atoms with E-state index in [1.165, 1.54) is 13.8 Å². The number of rotatable bonds is 5. The van der Waals surface area contributed by atoms with E-state index in [9.17, 15) is 14.4 Å². The molecule has 1 N–H and O–H groups in total. The Bertz CT molecular complexity index is 1670. The van der Waals surface area contributed by atoms with Crippen molar-refractivity contribution in [3.63, 3.8) is 0 Å². The fourth-order valence-corrected chi connectivity index (χ4v) is 5.29. The summed E-state index contributed by atoms with van der Waals surface area (Å²) in [5, 5.41) is 1.85. The molecule has 2 amide bonds. The molecule has 0 unspecified atom stereocenters. The number of aromatic nitrogens is 2. The van der Waals surface area contributed by atoms with Crippen LogP contribution in [0.3, 0.4) is 0 Å². The third-order valence-electron chi connectivity index (χ3n) is 6.66. The highest BCUT2D eigenvalue weighted by Gasteiger charge is 2.31. The first-order chi connectivity index (χ1) is 18.3. The summed E-state index contributed by atoms with van der Waals surface area (Å²) in [4.78, 5) is 49.8. The summed E-state index contributed by atoms with van der Waals surface area (Å²) in [6, 6.07) is 12.2. The zero-order valence-corrected chi connectivity index (χ0v) is 24.6. The quantitative estimate of drug-likeness (QED) is 0.266. The van der Waals surface area contributed by atoms with E-state index >= 15 is 0 Å². The van der Waals surface area contributed by atoms with Gasteiger partial charge >= 0.3 is 0 Å². The van der Waals surface area contributed by atoms with Crippen LogP contribution in [0.25, 0.3) is 33.4 Å². The van der Waals surface area contributed by atoms with Crippen molar-refractivity contribution in [1.82, 2.24) is 9.97 Å². The minimum Gasteiger partial charge on any atom is -0.366 e. The standard InChI is InChI=1S/C29H27Cl3N4O3/c1-14(2)35(6)27-26(36(16(4)37)17(5)38)24-15(3)23(18-7-9-19(30)10-8-18)25(33-28(24)34-29(27)39)21-12-11-20(31)13-22(21)32/h7-14H,1-6H3,(H,33,34,39). The lowest BCUT2D eigenvalue weighted by Gasteiger charge is -2.30. The molecule has 2 aromatic heterocycles. The number of hydrogen-bond acceptors (Lipinski definition) is 5. The van der Waals surface area contributed by atoms with E-state index in [0.717, 1.165) is 10.5 Å². The molecule has 0 spiro atoms. The van der Waals surface area contributed by atoms with Gasteiger partial charge in [0.25, 0.3) is 5.56 Å². The minimum absolute atomic E-state index is 0.112. The molecule has 4 aromatic rings.